The van der Waals surface area contributed by atoms with E-state index in [-0.39, 0.29) is 0 Å². The minimum atomic E-state index is 0.752. The van der Waals surface area contributed by atoms with E-state index in [0.29, 0.717) is 0 Å². The van der Waals surface area contributed by atoms with Gasteiger partial charge >= 0.3 is 0 Å². The lowest BCUT2D eigenvalue weighted by Crippen LogP contribution is -2.32. The van der Waals surface area contributed by atoms with Crippen LogP contribution in [0.2, 0.25) is 0 Å². The zero-order valence-corrected chi connectivity index (χ0v) is 11.5. The van der Waals surface area contributed by atoms with Gasteiger partial charge in [-0.05, 0) is 31.0 Å². The Labute approximate surface area is 112 Å². The highest BCUT2D eigenvalue weighted by molar-refractivity contribution is 5.15. The molecule has 0 N–H and O–H groups in total. The van der Waals surface area contributed by atoms with Gasteiger partial charge in [0.25, 0.3) is 0 Å². The smallest absolute Gasteiger partial charge is 0.0426 e. The highest BCUT2D eigenvalue weighted by atomic mass is 15.1. The molecule has 1 aromatic carbocycles. The largest absolute Gasteiger partial charge is 0.370 e. The Morgan fingerprint density at radius 1 is 1.17 bits per heavy atom. The zero-order chi connectivity index (χ0) is 12.6. The molecule has 1 aliphatic heterocycles. The van der Waals surface area contributed by atoms with Crippen molar-refractivity contribution in [1.29, 1.82) is 0 Å². The normalized spacial score (nSPS) is 19.2. The van der Waals surface area contributed by atoms with Crippen molar-refractivity contribution in [1.82, 2.24) is 4.90 Å². The molecule has 0 spiro atoms. The quantitative estimate of drug-likeness (QED) is 0.652. The van der Waals surface area contributed by atoms with Crippen LogP contribution in [0, 0.1) is 0 Å². The molecule has 1 unspecified atom stereocenters. The zero-order valence-electron chi connectivity index (χ0n) is 11.5. The standard InChI is InChI=1S/C17H25N/c1-2-3-5-12-17-13-8-9-14-18(17)15-16-10-6-4-7-11-16/h4,6-7,9-11,14,17H,2-3,5,8,12-13,15H2,1H3. The molecule has 0 bridgehead atoms. The van der Waals surface area contributed by atoms with Crippen molar-refractivity contribution in [2.45, 2.75) is 58.0 Å². The summed E-state index contributed by atoms with van der Waals surface area (Å²) in [6.07, 6.45) is 12.6. The van der Waals surface area contributed by atoms with Crippen LogP contribution >= 0.6 is 0 Å². The number of hydrogen-bond acceptors (Lipinski definition) is 1. The monoisotopic (exact) mass is 243 g/mol. The van der Waals surface area contributed by atoms with Gasteiger partial charge < -0.3 is 4.90 Å². The molecule has 1 aliphatic rings. The predicted octanol–water partition coefficient (Wildman–Crippen LogP) is 4.75. The number of nitrogens with zero attached hydrogens (tertiary/aromatic N) is 1. The molecule has 98 valence electrons. The van der Waals surface area contributed by atoms with E-state index in [1.54, 1.807) is 0 Å². The van der Waals surface area contributed by atoms with E-state index in [4.69, 9.17) is 0 Å². The highest BCUT2D eigenvalue weighted by Crippen LogP contribution is 2.22. The number of allylic oxidation sites excluding steroid dienone is 1. The van der Waals surface area contributed by atoms with E-state index in [1.165, 1.54) is 44.1 Å². The lowest BCUT2D eigenvalue weighted by molar-refractivity contribution is 0.225. The van der Waals surface area contributed by atoms with E-state index in [9.17, 15) is 0 Å². The van der Waals surface area contributed by atoms with Crippen molar-refractivity contribution < 1.29 is 0 Å². The van der Waals surface area contributed by atoms with E-state index in [1.807, 2.05) is 0 Å². The summed E-state index contributed by atoms with van der Waals surface area (Å²) in [5.74, 6) is 0. The fourth-order valence-corrected chi connectivity index (χ4v) is 2.70. The summed E-state index contributed by atoms with van der Waals surface area (Å²) in [5, 5.41) is 0. The lowest BCUT2D eigenvalue weighted by atomic mass is 9.99. The molecule has 0 radical (unpaired) electrons. The van der Waals surface area contributed by atoms with Gasteiger partial charge in [0.2, 0.25) is 0 Å². The third-order valence-corrected chi connectivity index (χ3v) is 3.78. The number of benzene rings is 1. The van der Waals surface area contributed by atoms with Crippen LogP contribution in [-0.4, -0.2) is 10.9 Å². The van der Waals surface area contributed by atoms with Crippen molar-refractivity contribution in [3.05, 3.63) is 48.2 Å². The van der Waals surface area contributed by atoms with Gasteiger partial charge in [-0.15, -0.1) is 0 Å². The van der Waals surface area contributed by atoms with Crippen molar-refractivity contribution in [2.75, 3.05) is 0 Å². The molecule has 1 nitrogen and oxygen atoms in total. The van der Waals surface area contributed by atoms with Crippen LogP contribution in [0.1, 0.15) is 51.0 Å². The summed E-state index contributed by atoms with van der Waals surface area (Å²) in [6, 6.07) is 11.6. The Bertz CT molecular complexity index is 355. The third kappa shape index (κ3) is 3.90. The molecule has 2 rings (SSSR count). The fourth-order valence-electron chi connectivity index (χ4n) is 2.70. The van der Waals surface area contributed by atoms with Gasteiger partial charge in [-0.3, -0.25) is 0 Å². The maximum atomic E-state index is 2.54. The third-order valence-electron chi connectivity index (χ3n) is 3.78. The van der Waals surface area contributed by atoms with Gasteiger partial charge in [-0.1, -0.05) is 62.6 Å². The topological polar surface area (TPSA) is 3.24 Å². The summed E-state index contributed by atoms with van der Waals surface area (Å²) in [7, 11) is 0. The summed E-state index contributed by atoms with van der Waals surface area (Å²) in [6.45, 7) is 3.34. The van der Waals surface area contributed by atoms with E-state index < -0.39 is 0 Å². The van der Waals surface area contributed by atoms with E-state index in [0.717, 1.165) is 12.6 Å². The second kappa shape index (κ2) is 7.25. The van der Waals surface area contributed by atoms with Crippen LogP contribution in [0.4, 0.5) is 0 Å². The molecule has 1 heterocycles. The molecule has 1 atom stereocenters. The molecule has 1 heteroatoms. The summed E-state index contributed by atoms with van der Waals surface area (Å²) < 4.78 is 0. The SMILES string of the molecule is CCCCCC1CCC=CN1Cc1ccccc1. The molecular formula is C17H25N. The Morgan fingerprint density at radius 3 is 2.78 bits per heavy atom. The summed E-state index contributed by atoms with van der Waals surface area (Å²) in [4.78, 5) is 2.54. The highest BCUT2D eigenvalue weighted by Gasteiger charge is 2.17. The number of unbranched alkanes of at least 4 members (excludes halogenated alkanes) is 2. The minimum absolute atomic E-state index is 0.752. The number of hydrogen-bond donors (Lipinski definition) is 0. The van der Waals surface area contributed by atoms with Crippen LogP contribution < -0.4 is 0 Å². The molecule has 0 aliphatic carbocycles. The summed E-state index contributed by atoms with van der Waals surface area (Å²) in [5.41, 5.74) is 1.42. The first-order valence-electron chi connectivity index (χ1n) is 7.36. The first-order chi connectivity index (χ1) is 8.90. The maximum Gasteiger partial charge on any atom is 0.0426 e. The van der Waals surface area contributed by atoms with Crippen LogP contribution in [0.15, 0.2) is 42.6 Å². The van der Waals surface area contributed by atoms with E-state index in [2.05, 4.69) is 54.4 Å². The first-order valence-corrected chi connectivity index (χ1v) is 7.36. The van der Waals surface area contributed by atoms with Crippen molar-refractivity contribution in [3.63, 3.8) is 0 Å². The van der Waals surface area contributed by atoms with Crippen molar-refractivity contribution in [2.24, 2.45) is 0 Å². The average Bonchev–Trinajstić information content (AvgIpc) is 2.42. The molecule has 0 saturated heterocycles. The van der Waals surface area contributed by atoms with Crippen LogP contribution in [0.5, 0.6) is 0 Å². The molecule has 0 amide bonds. The van der Waals surface area contributed by atoms with E-state index >= 15 is 0 Å². The van der Waals surface area contributed by atoms with Crippen molar-refractivity contribution in [3.8, 4) is 0 Å². The molecule has 1 aromatic rings. The molecule has 0 fully saturated rings. The van der Waals surface area contributed by atoms with Crippen LogP contribution in [0.25, 0.3) is 0 Å². The van der Waals surface area contributed by atoms with Gasteiger partial charge in [-0.25, -0.2) is 0 Å². The van der Waals surface area contributed by atoms with Gasteiger partial charge in [0.05, 0.1) is 0 Å². The Hall–Kier alpha value is -1.24. The number of rotatable bonds is 6. The first kappa shape index (κ1) is 13.2. The Kier molecular flexibility index (Phi) is 5.32. The molecule has 18 heavy (non-hydrogen) atoms. The summed E-state index contributed by atoms with van der Waals surface area (Å²) >= 11 is 0. The van der Waals surface area contributed by atoms with Crippen LogP contribution in [0.3, 0.4) is 0 Å². The lowest BCUT2D eigenvalue weighted by Gasteiger charge is -2.33. The molecule has 0 aromatic heterocycles. The molecule has 0 saturated carbocycles. The Balaban J connectivity index is 1.91. The van der Waals surface area contributed by atoms with Gasteiger partial charge in [-0.2, -0.15) is 0 Å². The Morgan fingerprint density at radius 2 is 2.00 bits per heavy atom. The average molecular weight is 243 g/mol. The van der Waals surface area contributed by atoms with Gasteiger partial charge in [0.1, 0.15) is 0 Å². The maximum absolute atomic E-state index is 2.54. The predicted molar refractivity (Wildman–Crippen MR) is 78.3 cm³/mol. The van der Waals surface area contributed by atoms with Crippen LogP contribution in [-0.2, 0) is 6.54 Å². The second-order valence-electron chi connectivity index (χ2n) is 5.27. The van der Waals surface area contributed by atoms with Gasteiger partial charge in [0, 0.05) is 12.6 Å². The minimum Gasteiger partial charge on any atom is -0.370 e. The fraction of sp³-hybridized carbons (Fsp3) is 0.529. The van der Waals surface area contributed by atoms with Crippen molar-refractivity contribution >= 4 is 0 Å². The van der Waals surface area contributed by atoms with Gasteiger partial charge in [0.15, 0.2) is 0 Å². The second-order valence-corrected chi connectivity index (χ2v) is 5.27. The molecular weight excluding hydrogens is 218 g/mol.